The van der Waals surface area contributed by atoms with Crippen LogP contribution in [0.4, 0.5) is 0 Å². The predicted octanol–water partition coefficient (Wildman–Crippen LogP) is 2.92. The number of hydrogen-bond acceptors (Lipinski definition) is 4. The second kappa shape index (κ2) is 9.44. The monoisotopic (exact) mass is 371 g/mol. The summed E-state index contributed by atoms with van der Waals surface area (Å²) in [6.45, 7) is 0.855. The van der Waals surface area contributed by atoms with Gasteiger partial charge in [-0.3, -0.25) is 9.48 Å². The minimum atomic E-state index is -0.00838. The lowest BCUT2D eigenvalue weighted by molar-refractivity contribution is -0.121. The first kappa shape index (κ1) is 19.3. The summed E-state index contributed by atoms with van der Waals surface area (Å²) < 4.78 is 12.4. The fraction of sp³-hybridized carbons (Fsp3) is 0.524. The molecule has 1 aliphatic carbocycles. The molecule has 6 nitrogen and oxygen atoms in total. The molecule has 1 aliphatic rings. The van der Waals surface area contributed by atoms with Crippen molar-refractivity contribution in [2.75, 3.05) is 20.8 Å². The summed E-state index contributed by atoms with van der Waals surface area (Å²) in [7, 11) is 3.24. The molecule has 27 heavy (non-hydrogen) atoms. The first-order valence-corrected chi connectivity index (χ1v) is 9.72. The van der Waals surface area contributed by atoms with Crippen molar-refractivity contribution in [2.24, 2.45) is 0 Å². The molecule has 146 valence electrons. The Hall–Kier alpha value is -2.50. The highest BCUT2D eigenvalue weighted by molar-refractivity contribution is 5.75. The number of nitrogens with zero attached hydrogens (tertiary/aromatic N) is 2. The first-order chi connectivity index (χ1) is 13.2. The zero-order valence-electron chi connectivity index (χ0n) is 16.3. The number of nitrogens with one attached hydrogen (secondary N) is 1. The number of aromatic nitrogens is 2. The maximum Gasteiger partial charge on any atom is 0.241 e. The van der Waals surface area contributed by atoms with Crippen molar-refractivity contribution in [1.29, 1.82) is 0 Å². The highest BCUT2D eigenvalue weighted by atomic mass is 16.5. The maximum atomic E-state index is 12.3. The van der Waals surface area contributed by atoms with Gasteiger partial charge < -0.3 is 14.8 Å². The number of amides is 1. The van der Waals surface area contributed by atoms with Gasteiger partial charge in [0.25, 0.3) is 0 Å². The molecule has 0 saturated heterocycles. The van der Waals surface area contributed by atoms with Crippen LogP contribution in [0.1, 0.15) is 42.5 Å². The second-order valence-corrected chi connectivity index (χ2v) is 7.00. The van der Waals surface area contributed by atoms with Gasteiger partial charge in [-0.05, 0) is 55.4 Å². The lowest BCUT2D eigenvalue weighted by Crippen LogP contribution is -2.29. The fourth-order valence-electron chi connectivity index (χ4n) is 3.55. The van der Waals surface area contributed by atoms with Crippen LogP contribution in [0, 0.1) is 0 Å². The largest absolute Gasteiger partial charge is 0.493 e. The summed E-state index contributed by atoms with van der Waals surface area (Å²) in [5.74, 6) is 1.40. The molecule has 0 saturated carbocycles. The van der Waals surface area contributed by atoms with Gasteiger partial charge in [0.2, 0.25) is 5.91 Å². The molecule has 0 atom stereocenters. The highest BCUT2D eigenvalue weighted by Crippen LogP contribution is 2.27. The Labute approximate surface area is 160 Å². The standard InChI is InChI=1S/C21H29N3O3/c1-26-19-10-9-16(13-20(19)27-2)11-12-22-21(25)15-24-14-17-7-5-3-4-6-8-18(17)23-24/h9-10,13-14H,3-8,11-12,15H2,1-2H3,(H,22,25). The van der Waals surface area contributed by atoms with E-state index in [0.717, 1.165) is 24.8 Å². The zero-order valence-corrected chi connectivity index (χ0v) is 16.3. The molecule has 1 aromatic carbocycles. The molecule has 1 amide bonds. The molecule has 3 rings (SSSR count). The number of fused-ring (bicyclic) bond motifs is 1. The Morgan fingerprint density at radius 2 is 1.89 bits per heavy atom. The number of methoxy groups -OCH3 is 2. The summed E-state index contributed by atoms with van der Waals surface area (Å²) in [5.41, 5.74) is 3.58. The number of rotatable bonds is 7. The molecule has 6 heteroatoms. The molecular formula is C21H29N3O3. The first-order valence-electron chi connectivity index (χ1n) is 9.72. The van der Waals surface area contributed by atoms with Crippen LogP contribution in [0.5, 0.6) is 11.5 Å². The average Bonchev–Trinajstić information content (AvgIpc) is 3.02. The van der Waals surface area contributed by atoms with Crippen LogP contribution in [0.2, 0.25) is 0 Å². The van der Waals surface area contributed by atoms with E-state index in [2.05, 4.69) is 16.6 Å². The topological polar surface area (TPSA) is 65.4 Å². The van der Waals surface area contributed by atoms with Crippen LogP contribution in [0.3, 0.4) is 0 Å². The molecule has 0 bridgehead atoms. The summed E-state index contributed by atoms with van der Waals surface area (Å²) in [6.07, 6.45) is 9.89. The molecule has 0 unspecified atom stereocenters. The van der Waals surface area contributed by atoms with Crippen molar-refractivity contribution in [2.45, 2.75) is 51.5 Å². The number of ether oxygens (including phenoxy) is 2. The van der Waals surface area contributed by atoms with E-state index in [1.165, 1.54) is 36.9 Å². The molecule has 1 N–H and O–H groups in total. The number of hydrogen-bond donors (Lipinski definition) is 1. The van der Waals surface area contributed by atoms with Gasteiger partial charge >= 0.3 is 0 Å². The van der Waals surface area contributed by atoms with Crippen molar-refractivity contribution in [3.63, 3.8) is 0 Å². The minimum absolute atomic E-state index is 0.00838. The summed E-state index contributed by atoms with van der Waals surface area (Å²) >= 11 is 0. The van der Waals surface area contributed by atoms with Crippen LogP contribution >= 0.6 is 0 Å². The highest BCUT2D eigenvalue weighted by Gasteiger charge is 2.13. The van der Waals surface area contributed by atoms with Gasteiger partial charge in [-0.2, -0.15) is 5.10 Å². The quantitative estimate of drug-likeness (QED) is 0.813. The Kier molecular flexibility index (Phi) is 6.74. The van der Waals surface area contributed by atoms with Gasteiger partial charge in [-0.15, -0.1) is 0 Å². The minimum Gasteiger partial charge on any atom is -0.493 e. The molecule has 2 aromatic rings. The van der Waals surface area contributed by atoms with Gasteiger partial charge in [0.05, 0.1) is 19.9 Å². The van der Waals surface area contributed by atoms with E-state index >= 15 is 0 Å². The van der Waals surface area contributed by atoms with Crippen molar-refractivity contribution >= 4 is 5.91 Å². The van der Waals surface area contributed by atoms with Gasteiger partial charge in [0, 0.05) is 12.7 Å². The third kappa shape index (κ3) is 5.25. The molecule has 0 aliphatic heterocycles. The zero-order chi connectivity index (χ0) is 19.1. The van der Waals surface area contributed by atoms with Crippen LogP contribution in [-0.4, -0.2) is 36.5 Å². The third-order valence-electron chi connectivity index (χ3n) is 5.02. The normalized spacial score (nSPS) is 14.0. The fourth-order valence-corrected chi connectivity index (χ4v) is 3.55. The van der Waals surface area contributed by atoms with E-state index in [-0.39, 0.29) is 12.5 Å². The van der Waals surface area contributed by atoms with Gasteiger partial charge in [0.1, 0.15) is 6.54 Å². The van der Waals surface area contributed by atoms with Crippen LogP contribution in [-0.2, 0) is 30.6 Å². The number of benzene rings is 1. The average molecular weight is 371 g/mol. The van der Waals surface area contributed by atoms with Crippen LogP contribution in [0.15, 0.2) is 24.4 Å². The summed E-state index contributed by atoms with van der Waals surface area (Å²) in [6, 6.07) is 5.81. The van der Waals surface area contributed by atoms with E-state index in [1.54, 1.807) is 18.9 Å². The molecule has 1 heterocycles. The summed E-state index contributed by atoms with van der Waals surface area (Å²) in [5, 5.41) is 7.60. The number of aryl methyl sites for hydroxylation is 2. The molecule has 0 fully saturated rings. The Morgan fingerprint density at radius 3 is 2.67 bits per heavy atom. The van der Waals surface area contributed by atoms with Crippen LogP contribution in [0.25, 0.3) is 0 Å². The van der Waals surface area contributed by atoms with Crippen LogP contribution < -0.4 is 14.8 Å². The van der Waals surface area contributed by atoms with E-state index in [0.29, 0.717) is 18.0 Å². The Balaban J connectivity index is 1.49. The maximum absolute atomic E-state index is 12.3. The predicted molar refractivity (Wildman–Crippen MR) is 104 cm³/mol. The molecule has 0 radical (unpaired) electrons. The van der Waals surface area contributed by atoms with E-state index in [9.17, 15) is 4.79 Å². The lowest BCUT2D eigenvalue weighted by Gasteiger charge is -2.10. The van der Waals surface area contributed by atoms with Crippen molar-refractivity contribution in [3.05, 3.63) is 41.2 Å². The van der Waals surface area contributed by atoms with Gasteiger partial charge in [-0.25, -0.2) is 0 Å². The molecular weight excluding hydrogens is 342 g/mol. The van der Waals surface area contributed by atoms with E-state index in [4.69, 9.17) is 9.47 Å². The van der Waals surface area contributed by atoms with Gasteiger partial charge in [-0.1, -0.05) is 18.9 Å². The third-order valence-corrected chi connectivity index (χ3v) is 5.02. The lowest BCUT2D eigenvalue weighted by atomic mass is 9.99. The summed E-state index contributed by atoms with van der Waals surface area (Å²) in [4.78, 5) is 12.3. The van der Waals surface area contributed by atoms with Crippen molar-refractivity contribution in [1.82, 2.24) is 15.1 Å². The smallest absolute Gasteiger partial charge is 0.241 e. The van der Waals surface area contributed by atoms with E-state index < -0.39 is 0 Å². The van der Waals surface area contributed by atoms with Crippen molar-refractivity contribution in [3.8, 4) is 11.5 Å². The van der Waals surface area contributed by atoms with E-state index in [1.807, 2.05) is 18.2 Å². The molecule has 1 aromatic heterocycles. The van der Waals surface area contributed by atoms with Gasteiger partial charge in [0.15, 0.2) is 11.5 Å². The van der Waals surface area contributed by atoms with Crippen molar-refractivity contribution < 1.29 is 14.3 Å². The second-order valence-electron chi connectivity index (χ2n) is 7.00. The SMILES string of the molecule is COc1ccc(CCNC(=O)Cn2cc3c(n2)CCCCCC3)cc1OC. The number of carbonyl (C=O) groups is 1. The Bertz CT molecular complexity index is 745. The molecule has 0 spiro atoms. The Morgan fingerprint density at radius 1 is 1.11 bits per heavy atom. The number of carbonyl (C=O) groups excluding carboxylic acids is 1.